The van der Waals surface area contributed by atoms with Crippen LogP contribution in [0.4, 0.5) is 5.82 Å². The molecule has 0 radical (unpaired) electrons. The lowest BCUT2D eigenvalue weighted by atomic mass is 10.1. The van der Waals surface area contributed by atoms with Gasteiger partial charge in [0.05, 0.1) is 0 Å². The number of piperazine rings is 1. The van der Waals surface area contributed by atoms with Gasteiger partial charge in [0.1, 0.15) is 5.82 Å². The molecule has 0 unspecified atom stereocenters. The molecular weight excluding hydrogens is 376 g/mol. The Morgan fingerprint density at radius 3 is 2.53 bits per heavy atom. The van der Waals surface area contributed by atoms with E-state index < -0.39 is 0 Å². The lowest BCUT2D eigenvalue weighted by Crippen LogP contribution is -2.47. The van der Waals surface area contributed by atoms with Crippen molar-refractivity contribution in [3.8, 4) is 11.4 Å². The monoisotopic (exact) mass is 402 g/mol. The molecule has 154 valence electrons. The van der Waals surface area contributed by atoms with Crippen LogP contribution < -0.4 is 5.32 Å². The van der Waals surface area contributed by atoms with Crippen molar-refractivity contribution in [2.45, 2.75) is 13.5 Å². The highest BCUT2D eigenvalue weighted by Gasteiger charge is 2.20. The molecule has 1 saturated heterocycles. The summed E-state index contributed by atoms with van der Waals surface area (Å²) in [5.74, 6) is 1.49. The molecule has 3 aromatic rings. The van der Waals surface area contributed by atoms with Crippen molar-refractivity contribution in [3.63, 3.8) is 0 Å². The second kappa shape index (κ2) is 9.00. The van der Waals surface area contributed by atoms with E-state index in [0.29, 0.717) is 17.9 Å². The van der Waals surface area contributed by atoms with Gasteiger partial charge in [0, 0.05) is 68.0 Å². The molecule has 1 N–H and O–H groups in total. The van der Waals surface area contributed by atoms with Crippen molar-refractivity contribution in [2.24, 2.45) is 0 Å². The summed E-state index contributed by atoms with van der Waals surface area (Å²) >= 11 is 0. The maximum atomic E-state index is 12.7. The summed E-state index contributed by atoms with van der Waals surface area (Å²) in [5.41, 5.74) is 3.55. The van der Waals surface area contributed by atoms with E-state index in [2.05, 4.69) is 32.2 Å². The quantitative estimate of drug-likeness (QED) is 0.707. The number of carbonyl (C=O) groups excluding carboxylic acids is 1. The van der Waals surface area contributed by atoms with Gasteiger partial charge in [-0.2, -0.15) is 0 Å². The van der Waals surface area contributed by atoms with Gasteiger partial charge in [-0.3, -0.25) is 9.78 Å². The van der Waals surface area contributed by atoms with Crippen LogP contribution in [0.3, 0.4) is 0 Å². The summed E-state index contributed by atoms with van der Waals surface area (Å²) in [6.45, 7) is 5.95. The minimum atomic E-state index is 0.0821. The lowest BCUT2D eigenvalue weighted by Gasteiger charge is -2.32. The normalized spacial score (nSPS) is 14.5. The van der Waals surface area contributed by atoms with Crippen LogP contribution in [0.2, 0.25) is 0 Å². The molecule has 1 aliphatic rings. The highest BCUT2D eigenvalue weighted by atomic mass is 16.2. The van der Waals surface area contributed by atoms with E-state index in [4.69, 9.17) is 0 Å². The van der Waals surface area contributed by atoms with E-state index in [9.17, 15) is 4.79 Å². The van der Waals surface area contributed by atoms with Gasteiger partial charge < -0.3 is 15.1 Å². The zero-order valence-electron chi connectivity index (χ0n) is 17.4. The van der Waals surface area contributed by atoms with E-state index in [1.165, 1.54) is 0 Å². The van der Waals surface area contributed by atoms with Crippen LogP contribution in [-0.2, 0) is 6.54 Å². The second-order valence-electron chi connectivity index (χ2n) is 7.61. The number of nitrogens with zero attached hydrogens (tertiary/aromatic N) is 5. The van der Waals surface area contributed by atoms with Crippen LogP contribution in [0.25, 0.3) is 11.4 Å². The van der Waals surface area contributed by atoms with E-state index in [0.717, 1.165) is 48.8 Å². The SMILES string of the molecule is Cc1cc(NCc2cccnc2)nc(-c2ccc(C(=O)N3CCN(C)CC3)cc2)n1. The highest BCUT2D eigenvalue weighted by Crippen LogP contribution is 2.20. The molecule has 0 saturated carbocycles. The third-order valence-corrected chi connectivity index (χ3v) is 5.23. The standard InChI is InChI=1S/C23H26N6O/c1-17-14-21(25-16-18-4-3-9-24-15-18)27-22(26-17)19-5-7-20(8-6-19)23(30)29-12-10-28(2)11-13-29/h3-9,14-15H,10-13,16H2,1-2H3,(H,25,26,27). The molecule has 4 rings (SSSR count). The number of rotatable bonds is 5. The van der Waals surface area contributed by atoms with Crippen molar-refractivity contribution in [1.29, 1.82) is 0 Å². The van der Waals surface area contributed by atoms with Crippen LogP contribution in [0.1, 0.15) is 21.6 Å². The van der Waals surface area contributed by atoms with Crippen molar-refractivity contribution in [1.82, 2.24) is 24.8 Å². The molecule has 1 fully saturated rings. The predicted molar refractivity (Wildman–Crippen MR) is 117 cm³/mol. The summed E-state index contributed by atoms with van der Waals surface area (Å²) in [6.07, 6.45) is 3.59. The van der Waals surface area contributed by atoms with Gasteiger partial charge >= 0.3 is 0 Å². The number of benzene rings is 1. The molecule has 2 aromatic heterocycles. The van der Waals surface area contributed by atoms with Gasteiger partial charge in [-0.1, -0.05) is 18.2 Å². The fraction of sp³-hybridized carbons (Fsp3) is 0.304. The number of aromatic nitrogens is 3. The summed E-state index contributed by atoms with van der Waals surface area (Å²) in [4.78, 5) is 30.2. The number of anilines is 1. The van der Waals surface area contributed by atoms with E-state index in [1.54, 1.807) is 6.20 Å². The first-order valence-corrected chi connectivity index (χ1v) is 10.2. The highest BCUT2D eigenvalue weighted by molar-refractivity contribution is 5.94. The average Bonchev–Trinajstić information content (AvgIpc) is 2.78. The summed E-state index contributed by atoms with van der Waals surface area (Å²) < 4.78 is 0. The van der Waals surface area contributed by atoms with Crippen molar-refractivity contribution >= 4 is 11.7 Å². The van der Waals surface area contributed by atoms with Gasteiger partial charge in [0.15, 0.2) is 5.82 Å². The lowest BCUT2D eigenvalue weighted by molar-refractivity contribution is 0.0664. The first kappa shape index (κ1) is 20.0. The van der Waals surface area contributed by atoms with E-state index in [1.807, 2.05) is 60.5 Å². The van der Waals surface area contributed by atoms with Crippen LogP contribution in [0.5, 0.6) is 0 Å². The molecule has 7 nitrogen and oxygen atoms in total. The van der Waals surface area contributed by atoms with Gasteiger partial charge in [-0.05, 0) is 37.7 Å². The van der Waals surface area contributed by atoms with Gasteiger partial charge in [-0.15, -0.1) is 0 Å². The summed E-state index contributed by atoms with van der Waals surface area (Å²) in [6, 6.07) is 13.4. The number of amides is 1. The number of pyridine rings is 1. The van der Waals surface area contributed by atoms with Crippen molar-refractivity contribution in [2.75, 3.05) is 38.5 Å². The van der Waals surface area contributed by atoms with Crippen LogP contribution >= 0.6 is 0 Å². The molecule has 1 aromatic carbocycles. The van der Waals surface area contributed by atoms with Gasteiger partial charge in [0.25, 0.3) is 5.91 Å². The third-order valence-electron chi connectivity index (χ3n) is 5.23. The van der Waals surface area contributed by atoms with Crippen LogP contribution in [0.15, 0.2) is 54.9 Å². The van der Waals surface area contributed by atoms with Crippen molar-refractivity contribution < 1.29 is 4.79 Å². The van der Waals surface area contributed by atoms with E-state index >= 15 is 0 Å². The zero-order chi connectivity index (χ0) is 20.9. The fourth-order valence-electron chi connectivity index (χ4n) is 3.44. The second-order valence-corrected chi connectivity index (χ2v) is 7.61. The number of nitrogens with one attached hydrogen (secondary N) is 1. The molecule has 3 heterocycles. The van der Waals surface area contributed by atoms with Crippen LogP contribution in [0, 0.1) is 6.92 Å². The topological polar surface area (TPSA) is 74.2 Å². The van der Waals surface area contributed by atoms with E-state index in [-0.39, 0.29) is 5.91 Å². The molecule has 0 aliphatic carbocycles. The number of likely N-dealkylation sites (N-methyl/N-ethyl adjacent to an activating group) is 1. The number of carbonyl (C=O) groups is 1. The third kappa shape index (κ3) is 4.80. The van der Waals surface area contributed by atoms with Crippen LogP contribution in [-0.4, -0.2) is 63.9 Å². The molecule has 1 amide bonds. The molecule has 0 bridgehead atoms. The Bertz CT molecular complexity index is 998. The minimum Gasteiger partial charge on any atom is -0.366 e. The minimum absolute atomic E-state index is 0.0821. The Morgan fingerprint density at radius 1 is 1.07 bits per heavy atom. The summed E-state index contributed by atoms with van der Waals surface area (Å²) in [5, 5.41) is 3.33. The zero-order valence-corrected chi connectivity index (χ0v) is 17.4. The Hall–Kier alpha value is -3.32. The molecule has 1 aliphatic heterocycles. The number of hydrogen-bond donors (Lipinski definition) is 1. The van der Waals surface area contributed by atoms with Crippen molar-refractivity contribution in [3.05, 3.63) is 71.7 Å². The predicted octanol–water partition coefficient (Wildman–Crippen LogP) is 2.85. The molecule has 0 spiro atoms. The summed E-state index contributed by atoms with van der Waals surface area (Å²) in [7, 11) is 2.08. The Kier molecular flexibility index (Phi) is 5.99. The maximum absolute atomic E-state index is 12.7. The first-order valence-electron chi connectivity index (χ1n) is 10.2. The Morgan fingerprint density at radius 2 is 1.83 bits per heavy atom. The van der Waals surface area contributed by atoms with Gasteiger partial charge in [0.2, 0.25) is 0 Å². The molecule has 30 heavy (non-hydrogen) atoms. The van der Waals surface area contributed by atoms with Gasteiger partial charge in [-0.25, -0.2) is 9.97 Å². The molecule has 0 atom stereocenters. The average molecular weight is 403 g/mol. The molecular formula is C23H26N6O. The first-order chi connectivity index (χ1) is 14.6. The number of hydrogen-bond acceptors (Lipinski definition) is 6. The molecule has 7 heteroatoms. The Labute approximate surface area is 176 Å². The number of aryl methyl sites for hydroxylation is 1. The maximum Gasteiger partial charge on any atom is 0.253 e. The Balaban J connectivity index is 1.47. The smallest absolute Gasteiger partial charge is 0.253 e. The fourth-order valence-corrected chi connectivity index (χ4v) is 3.44. The largest absolute Gasteiger partial charge is 0.366 e.